The number of pyridine rings is 1. The third-order valence-corrected chi connectivity index (χ3v) is 8.12. The standard InChI is InChI=1S/C34H37N5O4S/c1-20-17-25(21(2)38(20)23-12-10-11-22(18-23)31(40)43-7)30-29(27-13-8-9-16-35-27)37-33(44)39(30)24-14-15-26(28(19-24)42-6)36-32(41)34(3,4)5/h8-19,29-30H,1-7H3,(H,36,41)(H,37,44)/t29-,30-/m0/s1. The lowest BCUT2D eigenvalue weighted by Crippen LogP contribution is -2.30. The van der Waals surface area contributed by atoms with Crippen LogP contribution in [0.1, 0.15) is 65.9 Å². The summed E-state index contributed by atoms with van der Waals surface area (Å²) < 4.78 is 12.8. The van der Waals surface area contributed by atoms with E-state index in [0.717, 1.165) is 34.0 Å². The van der Waals surface area contributed by atoms with E-state index in [1.165, 1.54) is 7.11 Å². The van der Waals surface area contributed by atoms with E-state index in [4.69, 9.17) is 21.7 Å². The summed E-state index contributed by atoms with van der Waals surface area (Å²) in [6.07, 6.45) is 1.77. The van der Waals surface area contributed by atoms with Gasteiger partial charge in [-0.15, -0.1) is 0 Å². The highest BCUT2D eigenvalue weighted by Crippen LogP contribution is 2.45. The molecule has 2 aromatic carbocycles. The normalized spacial score (nSPS) is 16.4. The first kappa shape index (κ1) is 30.7. The van der Waals surface area contributed by atoms with Crippen LogP contribution < -0.4 is 20.3 Å². The first-order valence-electron chi connectivity index (χ1n) is 14.3. The second-order valence-electron chi connectivity index (χ2n) is 11.8. The maximum Gasteiger partial charge on any atom is 0.337 e. The van der Waals surface area contributed by atoms with Gasteiger partial charge in [0.1, 0.15) is 5.75 Å². The van der Waals surface area contributed by atoms with Gasteiger partial charge in [-0.05, 0) is 80.2 Å². The minimum atomic E-state index is -0.565. The van der Waals surface area contributed by atoms with Crippen molar-refractivity contribution in [1.82, 2.24) is 14.9 Å². The number of aryl methyl sites for hydroxylation is 1. The number of hydrogen-bond donors (Lipinski definition) is 2. The zero-order valence-corrected chi connectivity index (χ0v) is 26.8. The maximum absolute atomic E-state index is 12.8. The molecule has 1 fully saturated rings. The van der Waals surface area contributed by atoms with Crippen LogP contribution in [0.15, 0.2) is 72.9 Å². The van der Waals surface area contributed by atoms with Crippen LogP contribution in [-0.4, -0.2) is 40.8 Å². The number of hydrogen-bond acceptors (Lipinski definition) is 6. The molecule has 0 aliphatic carbocycles. The van der Waals surface area contributed by atoms with Gasteiger partial charge in [0.05, 0.1) is 43.2 Å². The molecule has 1 amide bonds. The van der Waals surface area contributed by atoms with E-state index >= 15 is 0 Å². The van der Waals surface area contributed by atoms with Crippen molar-refractivity contribution in [2.75, 3.05) is 24.4 Å². The first-order valence-corrected chi connectivity index (χ1v) is 14.7. The zero-order valence-electron chi connectivity index (χ0n) is 26.0. The fourth-order valence-electron chi connectivity index (χ4n) is 5.57. The molecule has 44 heavy (non-hydrogen) atoms. The molecule has 0 spiro atoms. The fourth-order valence-corrected chi connectivity index (χ4v) is 5.91. The summed E-state index contributed by atoms with van der Waals surface area (Å²) in [6, 6.07) is 20.5. The predicted molar refractivity (Wildman–Crippen MR) is 176 cm³/mol. The van der Waals surface area contributed by atoms with Crippen molar-refractivity contribution >= 4 is 40.6 Å². The summed E-state index contributed by atoms with van der Waals surface area (Å²) in [5.41, 5.74) is 6.02. The Balaban J connectivity index is 1.63. The summed E-state index contributed by atoms with van der Waals surface area (Å²) in [7, 11) is 2.96. The SMILES string of the molecule is COC(=O)c1cccc(-n2c(C)cc([C@H]3[C@H](c4ccccn4)NC(=S)N3c3ccc(NC(=O)C(C)(C)C)c(OC)c3)c2C)c1. The van der Waals surface area contributed by atoms with E-state index in [-0.39, 0.29) is 18.0 Å². The maximum atomic E-state index is 12.8. The number of aromatic nitrogens is 2. The number of nitrogens with one attached hydrogen (secondary N) is 2. The number of carbonyl (C=O) groups excluding carboxylic acids is 2. The number of nitrogens with zero attached hydrogens (tertiary/aromatic N) is 3. The Morgan fingerprint density at radius 2 is 1.75 bits per heavy atom. The van der Waals surface area contributed by atoms with Gasteiger partial charge in [-0.3, -0.25) is 9.78 Å². The molecule has 1 aliphatic heterocycles. The molecule has 1 aliphatic rings. The number of anilines is 2. The molecule has 0 radical (unpaired) electrons. The van der Waals surface area contributed by atoms with Crippen LogP contribution >= 0.6 is 12.2 Å². The summed E-state index contributed by atoms with van der Waals surface area (Å²) in [6.45, 7) is 9.69. The number of benzene rings is 2. The van der Waals surface area contributed by atoms with Gasteiger partial charge in [-0.25, -0.2) is 4.79 Å². The lowest BCUT2D eigenvalue weighted by atomic mass is 9.95. The predicted octanol–water partition coefficient (Wildman–Crippen LogP) is 6.45. The van der Waals surface area contributed by atoms with Crippen molar-refractivity contribution in [3.8, 4) is 11.4 Å². The van der Waals surface area contributed by atoms with Gasteiger partial charge in [0.15, 0.2) is 5.11 Å². The largest absolute Gasteiger partial charge is 0.494 e. The average molecular weight is 612 g/mol. The Morgan fingerprint density at radius 1 is 0.977 bits per heavy atom. The minimum Gasteiger partial charge on any atom is -0.494 e. The van der Waals surface area contributed by atoms with Crippen LogP contribution in [0.3, 0.4) is 0 Å². The Morgan fingerprint density at radius 3 is 2.41 bits per heavy atom. The van der Waals surface area contributed by atoms with Crippen molar-refractivity contribution in [2.24, 2.45) is 5.41 Å². The van der Waals surface area contributed by atoms with Crippen LogP contribution in [0.4, 0.5) is 11.4 Å². The molecule has 0 unspecified atom stereocenters. The summed E-state index contributed by atoms with van der Waals surface area (Å²) in [5, 5.41) is 7.04. The van der Waals surface area contributed by atoms with Crippen molar-refractivity contribution in [2.45, 2.75) is 46.7 Å². The van der Waals surface area contributed by atoms with E-state index < -0.39 is 11.4 Å². The molecule has 9 nitrogen and oxygen atoms in total. The highest BCUT2D eigenvalue weighted by atomic mass is 32.1. The summed E-state index contributed by atoms with van der Waals surface area (Å²) in [5.74, 6) is 0.0177. The Kier molecular flexibility index (Phi) is 8.47. The quantitative estimate of drug-likeness (QED) is 0.182. The average Bonchev–Trinajstić information content (AvgIpc) is 3.51. The van der Waals surface area contributed by atoms with Crippen LogP contribution in [0.2, 0.25) is 0 Å². The van der Waals surface area contributed by atoms with E-state index in [0.29, 0.717) is 22.1 Å². The highest BCUT2D eigenvalue weighted by molar-refractivity contribution is 7.80. The third-order valence-electron chi connectivity index (χ3n) is 7.81. The molecular weight excluding hydrogens is 574 g/mol. The van der Waals surface area contributed by atoms with Gasteiger partial charge in [0.25, 0.3) is 0 Å². The van der Waals surface area contributed by atoms with Crippen molar-refractivity contribution in [1.29, 1.82) is 0 Å². The lowest BCUT2D eigenvalue weighted by Gasteiger charge is -2.29. The molecule has 4 aromatic rings. The monoisotopic (exact) mass is 611 g/mol. The molecule has 3 heterocycles. The molecule has 2 N–H and O–H groups in total. The van der Waals surface area contributed by atoms with Crippen LogP contribution in [0.5, 0.6) is 5.75 Å². The number of rotatable bonds is 7. The van der Waals surface area contributed by atoms with E-state index in [1.807, 2.05) is 82.3 Å². The molecule has 0 bridgehead atoms. The van der Waals surface area contributed by atoms with Crippen molar-refractivity contribution in [3.63, 3.8) is 0 Å². The number of esters is 1. The van der Waals surface area contributed by atoms with Crippen LogP contribution in [0.25, 0.3) is 5.69 Å². The van der Waals surface area contributed by atoms with Crippen LogP contribution in [0, 0.1) is 19.3 Å². The summed E-state index contributed by atoms with van der Waals surface area (Å²) >= 11 is 5.96. The van der Waals surface area contributed by atoms with Gasteiger partial charge in [0.2, 0.25) is 5.91 Å². The number of amides is 1. The number of ether oxygens (including phenoxy) is 2. The number of thiocarbonyl (C=S) groups is 1. The number of carbonyl (C=O) groups is 2. The molecule has 0 saturated carbocycles. The second-order valence-corrected chi connectivity index (χ2v) is 12.2. The zero-order chi connectivity index (χ0) is 31.8. The van der Waals surface area contributed by atoms with E-state index in [1.54, 1.807) is 19.4 Å². The van der Waals surface area contributed by atoms with Crippen LogP contribution in [-0.2, 0) is 9.53 Å². The van der Waals surface area contributed by atoms with Gasteiger partial charge in [0, 0.05) is 40.4 Å². The van der Waals surface area contributed by atoms with Crippen molar-refractivity contribution < 1.29 is 19.1 Å². The van der Waals surface area contributed by atoms with Gasteiger partial charge >= 0.3 is 5.97 Å². The topological polar surface area (TPSA) is 97.7 Å². The smallest absolute Gasteiger partial charge is 0.337 e. The first-order chi connectivity index (χ1) is 20.9. The molecule has 5 rings (SSSR count). The third kappa shape index (κ3) is 5.77. The molecule has 1 saturated heterocycles. The lowest BCUT2D eigenvalue weighted by molar-refractivity contribution is -0.123. The molecule has 2 atom stereocenters. The molecule has 228 valence electrons. The second kappa shape index (κ2) is 12.1. The van der Waals surface area contributed by atoms with Crippen molar-refractivity contribution in [3.05, 3.63) is 101 Å². The summed E-state index contributed by atoms with van der Waals surface area (Å²) in [4.78, 5) is 31.8. The van der Waals surface area contributed by atoms with Gasteiger partial charge < -0.3 is 29.6 Å². The minimum absolute atomic E-state index is 0.112. The Hall–Kier alpha value is -4.70. The van der Waals surface area contributed by atoms with Gasteiger partial charge in [-0.1, -0.05) is 32.9 Å². The van der Waals surface area contributed by atoms with E-state index in [2.05, 4.69) is 38.1 Å². The molecular formula is C34H37N5O4S. The van der Waals surface area contributed by atoms with Gasteiger partial charge in [-0.2, -0.15) is 0 Å². The molecule has 2 aromatic heterocycles. The molecule has 10 heteroatoms. The highest BCUT2D eigenvalue weighted by Gasteiger charge is 2.42. The Bertz CT molecular complexity index is 1730. The van der Waals surface area contributed by atoms with E-state index in [9.17, 15) is 9.59 Å². The number of methoxy groups -OCH3 is 2. The fraction of sp³-hybridized carbons (Fsp3) is 0.294. The Labute approximate surface area is 263 Å².